The second-order valence-electron chi connectivity index (χ2n) is 2.85. The van der Waals surface area contributed by atoms with E-state index in [1.807, 2.05) is 34.9 Å². The van der Waals surface area contributed by atoms with Crippen molar-refractivity contribution in [3.8, 4) is 0 Å². The summed E-state index contributed by atoms with van der Waals surface area (Å²) in [7, 11) is 1.98. The van der Waals surface area contributed by atoms with Crippen molar-refractivity contribution in [3.63, 3.8) is 0 Å². The molecule has 0 atom stereocenters. The molecule has 0 aliphatic heterocycles. The van der Waals surface area contributed by atoms with Crippen LogP contribution in [-0.4, -0.2) is 19.3 Å². The molecule has 4 nitrogen and oxygen atoms in total. The van der Waals surface area contributed by atoms with E-state index >= 15 is 0 Å². The highest BCUT2D eigenvalue weighted by Gasteiger charge is 2.00. The molecule has 2 aromatic heterocycles. The van der Waals surface area contributed by atoms with Crippen LogP contribution in [0.4, 0.5) is 0 Å². The Hall–Kier alpha value is -0.850. The molecule has 0 unspecified atom stereocenters. The lowest BCUT2D eigenvalue weighted by Crippen LogP contribution is -2.04. The molecule has 0 N–H and O–H groups in total. The molecule has 5 heteroatoms. The summed E-state index contributed by atoms with van der Waals surface area (Å²) in [6.07, 6.45) is 7.50. The molecule has 13 heavy (non-hydrogen) atoms. The van der Waals surface area contributed by atoms with Gasteiger partial charge in [-0.05, 0) is 22.6 Å². The number of nitrogens with zero attached hydrogens (tertiary/aromatic N) is 4. The van der Waals surface area contributed by atoms with Crippen LogP contribution >= 0.6 is 22.6 Å². The van der Waals surface area contributed by atoms with Crippen molar-refractivity contribution in [2.45, 2.75) is 6.54 Å². The van der Waals surface area contributed by atoms with Crippen molar-refractivity contribution in [1.82, 2.24) is 19.3 Å². The molecule has 2 aromatic rings. The van der Waals surface area contributed by atoms with E-state index in [1.54, 1.807) is 6.33 Å². The average molecular weight is 288 g/mol. The normalized spacial score (nSPS) is 10.6. The molecule has 0 aliphatic rings. The third kappa shape index (κ3) is 1.90. The number of hydrogen-bond acceptors (Lipinski definition) is 2. The summed E-state index contributed by atoms with van der Waals surface area (Å²) in [5.41, 5.74) is 1.15. The maximum atomic E-state index is 4.20. The topological polar surface area (TPSA) is 35.6 Å². The highest BCUT2D eigenvalue weighted by atomic mass is 127. The van der Waals surface area contributed by atoms with Gasteiger partial charge >= 0.3 is 0 Å². The zero-order valence-corrected chi connectivity index (χ0v) is 9.34. The zero-order chi connectivity index (χ0) is 9.26. The first-order valence-electron chi connectivity index (χ1n) is 3.89. The van der Waals surface area contributed by atoms with Crippen LogP contribution < -0.4 is 0 Å². The first kappa shape index (κ1) is 8.74. The minimum atomic E-state index is 0.777. The van der Waals surface area contributed by atoms with Crippen molar-refractivity contribution in [2.24, 2.45) is 7.05 Å². The van der Waals surface area contributed by atoms with Gasteiger partial charge in [-0.25, -0.2) is 4.98 Å². The monoisotopic (exact) mass is 288 g/mol. The van der Waals surface area contributed by atoms with Crippen molar-refractivity contribution >= 4 is 22.6 Å². The summed E-state index contributed by atoms with van der Waals surface area (Å²) in [5, 5.41) is 4.20. The fourth-order valence-corrected chi connectivity index (χ4v) is 1.57. The van der Waals surface area contributed by atoms with Gasteiger partial charge in [-0.2, -0.15) is 5.10 Å². The molecule has 2 rings (SSSR count). The first-order chi connectivity index (χ1) is 6.25. The number of aryl methyl sites for hydroxylation is 1. The van der Waals surface area contributed by atoms with Crippen LogP contribution in [0, 0.1) is 3.57 Å². The molecular formula is C8H9IN4. The lowest BCUT2D eigenvalue weighted by molar-refractivity contribution is 0.648. The fourth-order valence-electron chi connectivity index (χ4n) is 1.13. The minimum Gasteiger partial charge on any atom is -0.336 e. The summed E-state index contributed by atoms with van der Waals surface area (Å²) in [6, 6.07) is 0. The Bertz CT molecular complexity index is 404. The van der Waals surface area contributed by atoms with Gasteiger partial charge in [0.25, 0.3) is 0 Å². The number of halogens is 1. The molecule has 0 aliphatic carbocycles. The maximum absolute atomic E-state index is 4.20. The molecule has 0 radical (unpaired) electrons. The van der Waals surface area contributed by atoms with Crippen LogP contribution in [0.15, 0.2) is 24.9 Å². The van der Waals surface area contributed by atoms with Crippen molar-refractivity contribution in [1.29, 1.82) is 0 Å². The Labute approximate surface area is 89.7 Å². The molecule has 0 amide bonds. The standard InChI is InChI=1S/C8H9IN4/c1-12-6-10-3-8(12)5-13-4-7(9)2-11-13/h2-4,6H,5H2,1H3. The van der Waals surface area contributed by atoms with Gasteiger partial charge < -0.3 is 4.57 Å². The predicted molar refractivity (Wildman–Crippen MR) is 57.3 cm³/mol. The van der Waals surface area contributed by atoms with E-state index in [0.717, 1.165) is 15.8 Å². The molecule has 0 fully saturated rings. The van der Waals surface area contributed by atoms with Gasteiger partial charge in [0.2, 0.25) is 0 Å². The van der Waals surface area contributed by atoms with E-state index in [2.05, 4.69) is 32.7 Å². The predicted octanol–water partition coefficient (Wildman–Crippen LogP) is 1.27. The molecule has 0 saturated carbocycles. The van der Waals surface area contributed by atoms with E-state index in [-0.39, 0.29) is 0 Å². The maximum Gasteiger partial charge on any atom is 0.0946 e. The first-order valence-corrected chi connectivity index (χ1v) is 4.97. The number of imidazole rings is 1. The lowest BCUT2D eigenvalue weighted by atomic mass is 10.5. The summed E-state index contributed by atoms with van der Waals surface area (Å²) in [5.74, 6) is 0. The number of hydrogen-bond donors (Lipinski definition) is 0. The van der Waals surface area contributed by atoms with Crippen molar-refractivity contribution in [2.75, 3.05) is 0 Å². The molecule has 2 heterocycles. The van der Waals surface area contributed by atoms with E-state index in [0.29, 0.717) is 0 Å². The Kier molecular flexibility index (Phi) is 2.34. The lowest BCUT2D eigenvalue weighted by Gasteiger charge is -2.01. The van der Waals surface area contributed by atoms with Crippen LogP contribution in [0.5, 0.6) is 0 Å². The van der Waals surface area contributed by atoms with Crippen LogP contribution in [0.2, 0.25) is 0 Å². The summed E-state index contributed by atoms with van der Waals surface area (Å²) in [4.78, 5) is 4.04. The van der Waals surface area contributed by atoms with Gasteiger partial charge in [-0.1, -0.05) is 0 Å². The van der Waals surface area contributed by atoms with E-state index in [4.69, 9.17) is 0 Å². The highest BCUT2D eigenvalue weighted by molar-refractivity contribution is 14.1. The molecule has 0 saturated heterocycles. The van der Waals surface area contributed by atoms with Gasteiger partial charge in [-0.3, -0.25) is 4.68 Å². The van der Waals surface area contributed by atoms with Gasteiger partial charge in [0.05, 0.1) is 34.5 Å². The molecule has 0 spiro atoms. The van der Waals surface area contributed by atoms with Crippen LogP contribution in [0.1, 0.15) is 5.69 Å². The van der Waals surface area contributed by atoms with Crippen LogP contribution in [0.25, 0.3) is 0 Å². The second-order valence-corrected chi connectivity index (χ2v) is 4.10. The summed E-state index contributed by atoms with van der Waals surface area (Å²) < 4.78 is 5.05. The number of aromatic nitrogens is 4. The summed E-state index contributed by atoms with van der Waals surface area (Å²) in [6.45, 7) is 0.777. The Balaban J connectivity index is 2.19. The number of rotatable bonds is 2. The van der Waals surface area contributed by atoms with E-state index in [1.165, 1.54) is 0 Å². The minimum absolute atomic E-state index is 0.777. The van der Waals surface area contributed by atoms with Gasteiger partial charge in [0, 0.05) is 13.2 Å². The Morgan fingerprint density at radius 3 is 2.85 bits per heavy atom. The molecular weight excluding hydrogens is 279 g/mol. The third-order valence-electron chi connectivity index (χ3n) is 1.84. The van der Waals surface area contributed by atoms with Gasteiger partial charge in [-0.15, -0.1) is 0 Å². The fraction of sp³-hybridized carbons (Fsp3) is 0.250. The average Bonchev–Trinajstić information content (AvgIpc) is 2.64. The largest absolute Gasteiger partial charge is 0.336 e. The molecule has 0 aromatic carbocycles. The SMILES string of the molecule is Cn1cncc1Cn1cc(I)cn1. The highest BCUT2D eigenvalue weighted by Crippen LogP contribution is 2.04. The molecule has 0 bridgehead atoms. The van der Waals surface area contributed by atoms with Gasteiger partial charge in [0.15, 0.2) is 0 Å². The van der Waals surface area contributed by atoms with Crippen molar-refractivity contribution in [3.05, 3.63) is 34.2 Å². The zero-order valence-electron chi connectivity index (χ0n) is 7.18. The Morgan fingerprint density at radius 2 is 2.31 bits per heavy atom. The van der Waals surface area contributed by atoms with E-state index < -0.39 is 0 Å². The second kappa shape index (κ2) is 3.49. The van der Waals surface area contributed by atoms with Crippen LogP contribution in [0.3, 0.4) is 0 Å². The smallest absolute Gasteiger partial charge is 0.0946 e. The Morgan fingerprint density at radius 1 is 1.46 bits per heavy atom. The van der Waals surface area contributed by atoms with Crippen molar-refractivity contribution < 1.29 is 0 Å². The quantitative estimate of drug-likeness (QED) is 0.780. The summed E-state index contributed by atoms with van der Waals surface area (Å²) >= 11 is 2.24. The molecule has 68 valence electrons. The van der Waals surface area contributed by atoms with Crippen LogP contribution in [-0.2, 0) is 13.6 Å². The third-order valence-corrected chi connectivity index (χ3v) is 2.40. The van der Waals surface area contributed by atoms with Gasteiger partial charge in [0.1, 0.15) is 0 Å². The van der Waals surface area contributed by atoms with E-state index in [9.17, 15) is 0 Å².